The molecular formula is C45H48BNO. The van der Waals surface area contributed by atoms with E-state index in [0.29, 0.717) is 0 Å². The van der Waals surface area contributed by atoms with Gasteiger partial charge in [-0.15, -0.1) is 0 Å². The Morgan fingerprint density at radius 1 is 0.479 bits per heavy atom. The van der Waals surface area contributed by atoms with E-state index in [9.17, 15) is 4.79 Å². The van der Waals surface area contributed by atoms with Crippen molar-refractivity contribution in [2.45, 2.75) is 39.2 Å². The topological polar surface area (TPSA) is 17.1 Å². The van der Waals surface area contributed by atoms with Crippen molar-refractivity contribution in [2.24, 2.45) is 0 Å². The van der Waals surface area contributed by atoms with Gasteiger partial charge in [0.1, 0.15) is 13.1 Å². The van der Waals surface area contributed by atoms with E-state index >= 15 is 0 Å². The summed E-state index contributed by atoms with van der Waals surface area (Å²) in [7, 11) is 4.46. The third-order valence-corrected chi connectivity index (χ3v) is 9.41. The smallest absolute Gasteiger partial charge is 0.193 e. The van der Waals surface area contributed by atoms with E-state index in [-0.39, 0.29) is 5.78 Å². The first-order valence-electron chi connectivity index (χ1n) is 17.3. The third kappa shape index (κ3) is 8.88. The highest BCUT2D eigenvalue weighted by Gasteiger charge is 2.28. The van der Waals surface area contributed by atoms with Crippen molar-refractivity contribution < 1.29 is 9.28 Å². The molecule has 0 amide bonds. The van der Waals surface area contributed by atoms with Crippen LogP contribution in [0.3, 0.4) is 0 Å². The van der Waals surface area contributed by atoms with Crippen molar-refractivity contribution in [2.75, 3.05) is 14.1 Å². The van der Waals surface area contributed by atoms with Crippen LogP contribution in [-0.4, -0.2) is 30.5 Å². The molecule has 6 aromatic carbocycles. The molecule has 0 aliphatic carbocycles. The first kappa shape index (κ1) is 34.4. The highest BCUT2D eigenvalue weighted by molar-refractivity contribution is 7.11. The Morgan fingerprint density at radius 2 is 0.833 bits per heavy atom. The van der Waals surface area contributed by atoms with Crippen LogP contribution in [0.15, 0.2) is 176 Å². The fourth-order valence-corrected chi connectivity index (χ4v) is 7.08. The molecule has 3 heteroatoms. The van der Waals surface area contributed by atoms with Crippen LogP contribution in [0.2, 0.25) is 6.32 Å². The number of benzene rings is 6. The van der Waals surface area contributed by atoms with E-state index in [1.807, 2.05) is 48.5 Å². The molecule has 0 aliphatic rings. The standard InChI is InChI=1S/C23H24NO.C22H24B/c1-24(2,17-19-9-5-3-6-10-19)18-20-13-15-22(16-14-20)23(25)21-11-7-4-8-12-21;1-2-3-19-23(20-13-7-4-8-14-20,21-15-9-5-10-16-21)22-17-11-6-12-18-22/h3-16H,17-18H2,1-2H3;4-18H,2-3,19H2,1H3/q+1;-1. The number of rotatable bonds is 12. The first-order chi connectivity index (χ1) is 23.4. The summed E-state index contributed by atoms with van der Waals surface area (Å²) in [5.74, 6) is 0.0742. The van der Waals surface area contributed by atoms with E-state index in [1.54, 1.807) is 0 Å². The van der Waals surface area contributed by atoms with E-state index in [1.165, 1.54) is 46.7 Å². The van der Waals surface area contributed by atoms with Gasteiger partial charge in [0.15, 0.2) is 5.78 Å². The second-order valence-corrected chi connectivity index (χ2v) is 13.5. The number of carbonyl (C=O) groups excluding carboxylic acids is 1. The maximum atomic E-state index is 12.5. The summed E-state index contributed by atoms with van der Waals surface area (Å²) in [6.07, 6.45) is 2.73. The average Bonchev–Trinajstić information content (AvgIpc) is 3.14. The summed E-state index contributed by atoms with van der Waals surface area (Å²) in [6.45, 7) is 4.18. The lowest BCUT2D eigenvalue weighted by atomic mass is 9.14. The normalized spacial score (nSPS) is 11.3. The zero-order chi connectivity index (χ0) is 33.7. The van der Waals surface area contributed by atoms with Crippen molar-refractivity contribution in [3.8, 4) is 0 Å². The second kappa shape index (κ2) is 16.7. The summed E-state index contributed by atoms with van der Waals surface area (Å²) in [5, 5.41) is 0. The molecule has 0 N–H and O–H groups in total. The summed E-state index contributed by atoms with van der Waals surface area (Å²) >= 11 is 0. The predicted molar refractivity (Wildman–Crippen MR) is 206 cm³/mol. The Morgan fingerprint density at radius 3 is 1.25 bits per heavy atom. The van der Waals surface area contributed by atoms with E-state index in [0.717, 1.165) is 28.7 Å². The first-order valence-corrected chi connectivity index (χ1v) is 17.3. The molecule has 0 fully saturated rings. The molecule has 242 valence electrons. The van der Waals surface area contributed by atoms with Crippen LogP contribution in [0.4, 0.5) is 0 Å². The molecule has 0 aromatic heterocycles. The molecule has 0 bridgehead atoms. The third-order valence-electron chi connectivity index (χ3n) is 9.41. The zero-order valence-corrected chi connectivity index (χ0v) is 28.7. The highest BCUT2D eigenvalue weighted by atomic mass is 16.1. The average molecular weight is 630 g/mol. The maximum Gasteiger partial charge on any atom is 0.193 e. The van der Waals surface area contributed by atoms with Gasteiger partial charge < -0.3 is 4.48 Å². The zero-order valence-electron chi connectivity index (χ0n) is 28.7. The summed E-state index contributed by atoms with van der Waals surface area (Å²) in [4.78, 5) is 12.5. The molecule has 6 aromatic rings. The molecule has 0 atom stereocenters. The van der Waals surface area contributed by atoms with E-state index in [2.05, 4.69) is 148 Å². The van der Waals surface area contributed by atoms with Crippen molar-refractivity contribution >= 4 is 28.3 Å². The number of nitrogens with zero attached hydrogens (tertiary/aromatic N) is 1. The minimum Gasteiger partial charge on any atom is -0.321 e. The Hall–Kier alpha value is -4.99. The van der Waals surface area contributed by atoms with Gasteiger partial charge in [0.05, 0.1) is 20.2 Å². The number of hydrogen-bond acceptors (Lipinski definition) is 1. The Kier molecular flexibility index (Phi) is 12.0. The molecule has 6 rings (SSSR count). The maximum absolute atomic E-state index is 12.5. The largest absolute Gasteiger partial charge is 0.321 e. The Bertz CT molecular complexity index is 1710. The number of quaternary nitrogens is 1. The molecule has 0 spiro atoms. The van der Waals surface area contributed by atoms with E-state index in [4.69, 9.17) is 0 Å². The highest BCUT2D eigenvalue weighted by Crippen LogP contribution is 2.18. The molecule has 0 saturated carbocycles. The molecule has 0 unspecified atom stereocenters. The summed E-state index contributed by atoms with van der Waals surface area (Å²) in [5.41, 5.74) is 8.38. The molecular weight excluding hydrogens is 581 g/mol. The van der Waals surface area contributed by atoms with Crippen LogP contribution in [0.5, 0.6) is 0 Å². The van der Waals surface area contributed by atoms with Gasteiger partial charge in [-0.25, -0.2) is 0 Å². The van der Waals surface area contributed by atoms with Crippen LogP contribution in [0.1, 0.15) is 46.8 Å². The lowest BCUT2D eigenvalue weighted by Crippen LogP contribution is -2.66. The SMILES string of the molecule is CCCC[B-](c1ccccc1)(c1ccccc1)c1ccccc1.C[N+](C)(Cc1ccccc1)Cc1ccc(C(=O)c2ccccc2)cc1. The Labute approximate surface area is 288 Å². The predicted octanol–water partition coefficient (Wildman–Crippen LogP) is 8.65. The van der Waals surface area contributed by atoms with Gasteiger partial charge in [-0.05, 0) is 0 Å². The van der Waals surface area contributed by atoms with Gasteiger partial charge in [-0.1, -0.05) is 196 Å². The lowest BCUT2D eigenvalue weighted by Gasteiger charge is -2.43. The molecule has 2 nitrogen and oxygen atoms in total. The number of ketones is 1. The van der Waals surface area contributed by atoms with Crippen LogP contribution in [0.25, 0.3) is 0 Å². The molecule has 0 heterocycles. The summed E-state index contributed by atoms with van der Waals surface area (Å²) < 4.78 is 0.871. The molecule has 0 radical (unpaired) electrons. The molecule has 48 heavy (non-hydrogen) atoms. The summed E-state index contributed by atoms with van der Waals surface area (Å²) in [6, 6.07) is 61.2. The number of unbranched alkanes of at least 4 members (excludes halogenated alkanes) is 1. The Balaban J connectivity index is 0.000000188. The number of carbonyl (C=O) groups is 1. The monoisotopic (exact) mass is 629 g/mol. The van der Waals surface area contributed by atoms with Gasteiger partial charge in [-0.2, -0.15) is 22.7 Å². The van der Waals surface area contributed by atoms with Crippen LogP contribution in [-0.2, 0) is 13.1 Å². The van der Waals surface area contributed by atoms with Crippen LogP contribution in [0, 0.1) is 0 Å². The van der Waals surface area contributed by atoms with Crippen molar-refractivity contribution in [1.29, 1.82) is 0 Å². The van der Waals surface area contributed by atoms with Gasteiger partial charge >= 0.3 is 0 Å². The quantitative estimate of drug-likeness (QED) is 0.0753. The van der Waals surface area contributed by atoms with Gasteiger partial charge in [-0.3, -0.25) is 4.79 Å². The fourth-order valence-electron chi connectivity index (χ4n) is 7.08. The number of hydrogen-bond donors (Lipinski definition) is 0. The van der Waals surface area contributed by atoms with Crippen molar-refractivity contribution in [3.05, 3.63) is 198 Å². The lowest BCUT2D eigenvalue weighted by molar-refractivity contribution is -0.916. The van der Waals surface area contributed by atoms with Crippen molar-refractivity contribution in [3.63, 3.8) is 0 Å². The minimum absolute atomic E-state index is 0.0742. The fraction of sp³-hybridized carbons (Fsp3) is 0.178. The van der Waals surface area contributed by atoms with E-state index < -0.39 is 6.15 Å². The van der Waals surface area contributed by atoms with Crippen LogP contribution >= 0.6 is 0 Å². The van der Waals surface area contributed by atoms with Gasteiger partial charge in [0.25, 0.3) is 0 Å². The van der Waals surface area contributed by atoms with Crippen LogP contribution < -0.4 is 16.4 Å². The molecule has 0 aliphatic heterocycles. The second-order valence-electron chi connectivity index (χ2n) is 13.5. The van der Waals surface area contributed by atoms with Gasteiger partial charge in [0.2, 0.25) is 0 Å². The molecule has 0 saturated heterocycles. The van der Waals surface area contributed by atoms with Crippen molar-refractivity contribution in [1.82, 2.24) is 0 Å². The van der Waals surface area contributed by atoms with Gasteiger partial charge in [0, 0.05) is 22.3 Å². The minimum atomic E-state index is -0.913.